The van der Waals surface area contributed by atoms with Crippen LogP contribution in [0.1, 0.15) is 59.8 Å². The molecule has 17 heavy (non-hydrogen) atoms. The van der Waals surface area contributed by atoms with E-state index in [0.717, 1.165) is 12.6 Å². The quantitative estimate of drug-likeness (QED) is 0.766. The van der Waals surface area contributed by atoms with E-state index in [9.17, 15) is 0 Å². The summed E-state index contributed by atoms with van der Waals surface area (Å²) >= 11 is 0. The van der Waals surface area contributed by atoms with E-state index in [0.29, 0.717) is 11.5 Å². The molecule has 1 atom stereocenters. The molecular formula is C15H32N2. The second kappa shape index (κ2) is 6.75. The van der Waals surface area contributed by atoms with Gasteiger partial charge in [-0.1, -0.05) is 20.8 Å². The minimum Gasteiger partial charge on any atom is -0.313 e. The first kappa shape index (κ1) is 15.0. The highest BCUT2D eigenvalue weighted by Gasteiger charge is 2.28. The lowest BCUT2D eigenvalue weighted by Gasteiger charge is -2.39. The number of hydrogen-bond donors (Lipinski definition) is 1. The molecule has 1 rings (SSSR count). The van der Waals surface area contributed by atoms with Crippen LogP contribution in [0.15, 0.2) is 0 Å². The van der Waals surface area contributed by atoms with Crippen LogP contribution in [0, 0.1) is 5.41 Å². The van der Waals surface area contributed by atoms with Gasteiger partial charge in [-0.2, -0.15) is 0 Å². The summed E-state index contributed by atoms with van der Waals surface area (Å²) in [7, 11) is 2.30. The summed E-state index contributed by atoms with van der Waals surface area (Å²) in [6.07, 6.45) is 6.76. The van der Waals surface area contributed by atoms with Crippen LogP contribution in [0.2, 0.25) is 0 Å². The predicted molar refractivity (Wildman–Crippen MR) is 76.4 cm³/mol. The maximum absolute atomic E-state index is 3.58. The van der Waals surface area contributed by atoms with Gasteiger partial charge in [0.15, 0.2) is 0 Å². The van der Waals surface area contributed by atoms with E-state index in [1.165, 1.54) is 38.6 Å². The summed E-state index contributed by atoms with van der Waals surface area (Å²) in [4.78, 5) is 2.57. The maximum atomic E-state index is 3.58. The van der Waals surface area contributed by atoms with Crippen LogP contribution in [-0.2, 0) is 0 Å². The highest BCUT2D eigenvalue weighted by atomic mass is 15.2. The minimum atomic E-state index is 0.587. The second-order valence-corrected chi connectivity index (χ2v) is 6.69. The number of nitrogens with one attached hydrogen (secondary N) is 1. The SMILES string of the molecule is CCCNC(C)CN(C)C1CCC(C)(C)CC1. The lowest BCUT2D eigenvalue weighted by Crippen LogP contribution is -2.44. The first-order valence-corrected chi connectivity index (χ1v) is 7.38. The summed E-state index contributed by atoms with van der Waals surface area (Å²) in [5.74, 6) is 0. The Bertz CT molecular complexity index is 203. The van der Waals surface area contributed by atoms with Crippen molar-refractivity contribution >= 4 is 0 Å². The van der Waals surface area contributed by atoms with Crippen LogP contribution in [0.4, 0.5) is 0 Å². The molecule has 0 radical (unpaired) electrons. The molecule has 2 heteroatoms. The van der Waals surface area contributed by atoms with Crippen molar-refractivity contribution in [3.8, 4) is 0 Å². The molecular weight excluding hydrogens is 208 g/mol. The molecule has 1 aliphatic rings. The van der Waals surface area contributed by atoms with Gasteiger partial charge in [-0.3, -0.25) is 0 Å². The van der Waals surface area contributed by atoms with E-state index in [1.54, 1.807) is 0 Å². The van der Waals surface area contributed by atoms with Gasteiger partial charge in [-0.15, -0.1) is 0 Å². The molecule has 0 aromatic carbocycles. The average molecular weight is 240 g/mol. The van der Waals surface area contributed by atoms with Crippen LogP contribution in [0.3, 0.4) is 0 Å². The Morgan fingerprint density at radius 2 is 1.88 bits per heavy atom. The first-order valence-electron chi connectivity index (χ1n) is 7.38. The summed E-state index contributed by atoms with van der Waals surface area (Å²) in [6, 6.07) is 1.43. The summed E-state index contributed by atoms with van der Waals surface area (Å²) in [6.45, 7) is 11.7. The molecule has 1 unspecified atom stereocenters. The maximum Gasteiger partial charge on any atom is 0.0166 e. The molecule has 0 saturated heterocycles. The molecule has 0 heterocycles. The van der Waals surface area contributed by atoms with Gasteiger partial charge >= 0.3 is 0 Å². The second-order valence-electron chi connectivity index (χ2n) is 6.69. The van der Waals surface area contributed by atoms with E-state index in [-0.39, 0.29) is 0 Å². The van der Waals surface area contributed by atoms with Gasteiger partial charge in [0.1, 0.15) is 0 Å². The molecule has 0 spiro atoms. The number of rotatable bonds is 6. The monoisotopic (exact) mass is 240 g/mol. The summed E-state index contributed by atoms with van der Waals surface area (Å²) < 4.78 is 0. The molecule has 0 amide bonds. The fraction of sp³-hybridized carbons (Fsp3) is 1.00. The van der Waals surface area contributed by atoms with E-state index >= 15 is 0 Å². The number of likely N-dealkylation sites (N-methyl/N-ethyl adjacent to an activating group) is 1. The van der Waals surface area contributed by atoms with Crippen LogP contribution in [0.5, 0.6) is 0 Å². The lowest BCUT2D eigenvalue weighted by molar-refractivity contribution is 0.121. The Labute approximate surface area is 108 Å². The van der Waals surface area contributed by atoms with Crippen LogP contribution < -0.4 is 5.32 Å². The molecule has 1 aliphatic carbocycles. The van der Waals surface area contributed by atoms with E-state index in [2.05, 4.69) is 45.0 Å². The highest BCUT2D eigenvalue weighted by molar-refractivity contribution is 4.83. The molecule has 2 nitrogen and oxygen atoms in total. The highest BCUT2D eigenvalue weighted by Crippen LogP contribution is 2.36. The summed E-state index contributed by atoms with van der Waals surface area (Å²) in [5.41, 5.74) is 0.587. The molecule has 1 N–H and O–H groups in total. The lowest BCUT2D eigenvalue weighted by atomic mass is 9.75. The Balaban J connectivity index is 2.26. The van der Waals surface area contributed by atoms with E-state index < -0.39 is 0 Å². The normalized spacial score (nSPS) is 22.9. The van der Waals surface area contributed by atoms with Gasteiger partial charge in [0.2, 0.25) is 0 Å². The fourth-order valence-electron chi connectivity index (χ4n) is 2.86. The Morgan fingerprint density at radius 3 is 2.41 bits per heavy atom. The van der Waals surface area contributed by atoms with Gasteiger partial charge in [0, 0.05) is 18.6 Å². The van der Waals surface area contributed by atoms with Crippen LogP contribution in [-0.4, -0.2) is 37.1 Å². The van der Waals surface area contributed by atoms with Crippen LogP contribution in [0.25, 0.3) is 0 Å². The zero-order chi connectivity index (χ0) is 12.9. The van der Waals surface area contributed by atoms with Crippen molar-refractivity contribution in [2.45, 2.75) is 71.9 Å². The van der Waals surface area contributed by atoms with Gasteiger partial charge in [0.25, 0.3) is 0 Å². The van der Waals surface area contributed by atoms with Crippen LogP contribution >= 0.6 is 0 Å². The number of nitrogens with zero attached hydrogens (tertiary/aromatic N) is 1. The molecule has 0 bridgehead atoms. The van der Waals surface area contributed by atoms with Crippen molar-refractivity contribution in [3.63, 3.8) is 0 Å². The molecule has 0 aromatic heterocycles. The van der Waals surface area contributed by atoms with Crippen molar-refractivity contribution in [1.29, 1.82) is 0 Å². The van der Waals surface area contributed by atoms with Gasteiger partial charge < -0.3 is 10.2 Å². The first-order chi connectivity index (χ1) is 7.94. The topological polar surface area (TPSA) is 15.3 Å². The molecule has 102 valence electrons. The zero-order valence-corrected chi connectivity index (χ0v) is 12.6. The fourth-order valence-corrected chi connectivity index (χ4v) is 2.86. The average Bonchev–Trinajstić information content (AvgIpc) is 2.26. The standard InChI is InChI=1S/C15H32N2/c1-6-11-16-13(2)12-17(5)14-7-9-15(3,4)10-8-14/h13-14,16H,6-12H2,1-5H3. The third kappa shape index (κ3) is 5.39. The Hall–Kier alpha value is -0.0800. The smallest absolute Gasteiger partial charge is 0.0166 e. The Morgan fingerprint density at radius 1 is 1.29 bits per heavy atom. The largest absolute Gasteiger partial charge is 0.313 e. The summed E-state index contributed by atoms with van der Waals surface area (Å²) in [5, 5.41) is 3.58. The molecule has 1 saturated carbocycles. The van der Waals surface area contributed by atoms with E-state index in [1.807, 2.05) is 0 Å². The number of hydrogen-bond acceptors (Lipinski definition) is 2. The van der Waals surface area contributed by atoms with Crippen molar-refractivity contribution < 1.29 is 0 Å². The molecule has 1 fully saturated rings. The van der Waals surface area contributed by atoms with Gasteiger partial charge in [-0.05, 0) is 58.0 Å². The third-order valence-electron chi connectivity index (χ3n) is 4.24. The zero-order valence-electron chi connectivity index (χ0n) is 12.6. The van der Waals surface area contributed by atoms with Crippen molar-refractivity contribution in [1.82, 2.24) is 10.2 Å². The minimum absolute atomic E-state index is 0.587. The van der Waals surface area contributed by atoms with Crippen molar-refractivity contribution in [2.75, 3.05) is 20.1 Å². The van der Waals surface area contributed by atoms with E-state index in [4.69, 9.17) is 0 Å². The molecule has 0 aromatic rings. The molecule has 0 aliphatic heterocycles. The van der Waals surface area contributed by atoms with Gasteiger partial charge in [-0.25, -0.2) is 0 Å². The van der Waals surface area contributed by atoms with Crippen molar-refractivity contribution in [2.24, 2.45) is 5.41 Å². The third-order valence-corrected chi connectivity index (χ3v) is 4.24. The predicted octanol–water partition coefficient (Wildman–Crippen LogP) is 3.28. The van der Waals surface area contributed by atoms with Crippen molar-refractivity contribution in [3.05, 3.63) is 0 Å². The van der Waals surface area contributed by atoms with Gasteiger partial charge in [0.05, 0.1) is 0 Å². The Kier molecular flexibility index (Phi) is 5.94.